The van der Waals surface area contributed by atoms with Gasteiger partial charge >= 0.3 is 0 Å². The summed E-state index contributed by atoms with van der Waals surface area (Å²) in [6.07, 6.45) is 1.43. The van der Waals surface area contributed by atoms with Crippen molar-refractivity contribution in [2.45, 2.75) is 4.90 Å². The standard InChI is InChI=1S/C9H8N4O2S2/c1-13-5-4-11-9(10)12-7(5)8-6(2-3-16-8)17(13,14)15/h2-4H,1H3,(H2,10,11,12). The molecule has 0 saturated carbocycles. The van der Waals surface area contributed by atoms with Crippen molar-refractivity contribution in [3.63, 3.8) is 0 Å². The van der Waals surface area contributed by atoms with Gasteiger partial charge in [-0.15, -0.1) is 11.3 Å². The van der Waals surface area contributed by atoms with Crippen LogP contribution in [0.5, 0.6) is 0 Å². The minimum Gasteiger partial charge on any atom is -0.368 e. The van der Waals surface area contributed by atoms with Gasteiger partial charge in [-0.05, 0) is 11.4 Å². The van der Waals surface area contributed by atoms with Gasteiger partial charge in [0.2, 0.25) is 5.95 Å². The Morgan fingerprint density at radius 3 is 3.00 bits per heavy atom. The second kappa shape index (κ2) is 3.17. The van der Waals surface area contributed by atoms with Gasteiger partial charge in [-0.25, -0.2) is 18.4 Å². The number of nitrogens with zero attached hydrogens (tertiary/aromatic N) is 3. The van der Waals surface area contributed by atoms with Gasteiger partial charge in [0.25, 0.3) is 10.0 Å². The Balaban J connectivity index is 2.43. The minimum absolute atomic E-state index is 0.135. The summed E-state index contributed by atoms with van der Waals surface area (Å²) in [5, 5.41) is 1.73. The molecule has 0 atom stereocenters. The zero-order valence-electron chi connectivity index (χ0n) is 8.78. The average Bonchev–Trinajstić information content (AvgIpc) is 2.76. The van der Waals surface area contributed by atoms with Crippen LogP contribution < -0.4 is 10.0 Å². The van der Waals surface area contributed by atoms with Crippen LogP contribution in [0, 0.1) is 0 Å². The molecule has 3 heterocycles. The number of aromatic nitrogens is 2. The Bertz CT molecular complexity index is 708. The van der Waals surface area contributed by atoms with Crippen molar-refractivity contribution >= 4 is 33.0 Å². The lowest BCUT2D eigenvalue weighted by Gasteiger charge is -2.25. The van der Waals surface area contributed by atoms with Crippen molar-refractivity contribution in [1.29, 1.82) is 0 Å². The van der Waals surface area contributed by atoms with E-state index in [0.29, 0.717) is 16.3 Å². The van der Waals surface area contributed by atoms with E-state index in [2.05, 4.69) is 9.97 Å². The maximum atomic E-state index is 12.2. The number of rotatable bonds is 0. The molecule has 0 bridgehead atoms. The molecule has 1 aliphatic heterocycles. The predicted octanol–water partition coefficient (Wildman–Crippen LogP) is 0.926. The van der Waals surface area contributed by atoms with Gasteiger partial charge in [0.15, 0.2) is 0 Å². The van der Waals surface area contributed by atoms with Gasteiger partial charge in [-0.3, -0.25) is 4.31 Å². The summed E-state index contributed by atoms with van der Waals surface area (Å²) < 4.78 is 25.5. The molecule has 0 fully saturated rings. The molecule has 6 nitrogen and oxygen atoms in total. The van der Waals surface area contributed by atoms with E-state index in [-0.39, 0.29) is 10.8 Å². The molecule has 0 saturated heterocycles. The SMILES string of the molecule is CN1c2cnc(N)nc2-c2sccc2S1(=O)=O. The number of hydrogen-bond donors (Lipinski definition) is 1. The molecule has 2 N–H and O–H groups in total. The van der Waals surface area contributed by atoms with Gasteiger partial charge in [0.1, 0.15) is 10.6 Å². The summed E-state index contributed by atoms with van der Waals surface area (Å²) in [5.74, 6) is 0.135. The minimum atomic E-state index is -3.48. The fraction of sp³-hybridized carbons (Fsp3) is 0.111. The predicted molar refractivity (Wildman–Crippen MR) is 65.3 cm³/mol. The Morgan fingerprint density at radius 1 is 1.47 bits per heavy atom. The monoisotopic (exact) mass is 268 g/mol. The van der Waals surface area contributed by atoms with Crippen LogP contribution in [-0.4, -0.2) is 25.4 Å². The van der Waals surface area contributed by atoms with Crippen LogP contribution in [0.1, 0.15) is 0 Å². The average molecular weight is 268 g/mol. The fourth-order valence-corrected chi connectivity index (χ4v) is 4.33. The Kier molecular flexibility index (Phi) is 1.96. The molecule has 0 aromatic carbocycles. The molecule has 0 amide bonds. The van der Waals surface area contributed by atoms with Crippen LogP contribution in [-0.2, 0) is 10.0 Å². The third-order valence-corrected chi connectivity index (χ3v) is 5.47. The molecule has 0 aliphatic carbocycles. The lowest BCUT2D eigenvalue weighted by molar-refractivity contribution is 0.594. The fourth-order valence-electron chi connectivity index (χ4n) is 1.74. The second-order valence-electron chi connectivity index (χ2n) is 3.55. The van der Waals surface area contributed by atoms with Crippen molar-refractivity contribution < 1.29 is 8.42 Å². The van der Waals surface area contributed by atoms with Crippen molar-refractivity contribution in [3.8, 4) is 10.6 Å². The molecule has 1 aliphatic rings. The zero-order chi connectivity index (χ0) is 12.2. The number of sulfonamides is 1. The van der Waals surface area contributed by atoms with Crippen molar-refractivity contribution in [2.75, 3.05) is 17.1 Å². The third-order valence-electron chi connectivity index (χ3n) is 2.61. The lowest BCUT2D eigenvalue weighted by Crippen LogP contribution is -2.30. The highest BCUT2D eigenvalue weighted by Gasteiger charge is 2.34. The normalized spacial score (nSPS) is 16.4. The van der Waals surface area contributed by atoms with E-state index in [0.717, 1.165) is 0 Å². The molecule has 8 heteroatoms. The van der Waals surface area contributed by atoms with Gasteiger partial charge in [-0.2, -0.15) is 0 Å². The Hall–Kier alpha value is -1.67. The maximum Gasteiger partial charge on any atom is 0.265 e. The molecule has 0 radical (unpaired) electrons. The van der Waals surface area contributed by atoms with Gasteiger partial charge in [0, 0.05) is 7.05 Å². The summed E-state index contributed by atoms with van der Waals surface area (Å²) in [6, 6.07) is 1.58. The highest BCUT2D eigenvalue weighted by Crippen LogP contribution is 2.43. The van der Waals surface area contributed by atoms with Crippen LogP contribution in [0.2, 0.25) is 0 Å². The molecule has 88 valence electrons. The molecule has 2 aromatic rings. The molecule has 2 aromatic heterocycles. The molecular weight excluding hydrogens is 260 g/mol. The van der Waals surface area contributed by atoms with E-state index in [1.54, 1.807) is 11.4 Å². The van der Waals surface area contributed by atoms with E-state index in [1.807, 2.05) is 0 Å². The topological polar surface area (TPSA) is 89.2 Å². The van der Waals surface area contributed by atoms with Crippen LogP contribution in [0.25, 0.3) is 10.6 Å². The highest BCUT2D eigenvalue weighted by molar-refractivity contribution is 7.93. The Labute approximate surface area is 102 Å². The molecular formula is C9H8N4O2S2. The maximum absolute atomic E-state index is 12.2. The second-order valence-corrected chi connectivity index (χ2v) is 6.40. The van der Waals surface area contributed by atoms with E-state index in [4.69, 9.17) is 5.73 Å². The molecule has 0 spiro atoms. The Morgan fingerprint density at radius 2 is 2.24 bits per heavy atom. The summed E-state index contributed by atoms with van der Waals surface area (Å²) in [6.45, 7) is 0. The lowest BCUT2D eigenvalue weighted by atomic mass is 10.3. The number of hydrogen-bond acceptors (Lipinski definition) is 6. The van der Waals surface area contributed by atoms with E-state index in [1.165, 1.54) is 28.9 Å². The third kappa shape index (κ3) is 1.28. The van der Waals surface area contributed by atoms with Crippen molar-refractivity contribution in [1.82, 2.24) is 9.97 Å². The van der Waals surface area contributed by atoms with Gasteiger partial charge < -0.3 is 5.73 Å². The molecule has 3 rings (SSSR count). The number of thiophene rings is 1. The first-order valence-electron chi connectivity index (χ1n) is 4.71. The van der Waals surface area contributed by atoms with Crippen LogP contribution in [0.15, 0.2) is 22.5 Å². The molecule has 17 heavy (non-hydrogen) atoms. The largest absolute Gasteiger partial charge is 0.368 e. The highest BCUT2D eigenvalue weighted by atomic mass is 32.2. The molecule has 0 unspecified atom stereocenters. The first-order chi connectivity index (χ1) is 8.01. The van der Waals surface area contributed by atoms with E-state index in [9.17, 15) is 8.42 Å². The first-order valence-corrected chi connectivity index (χ1v) is 7.03. The summed E-state index contributed by atoms with van der Waals surface area (Å²) in [4.78, 5) is 8.84. The number of anilines is 2. The van der Waals surface area contributed by atoms with E-state index >= 15 is 0 Å². The van der Waals surface area contributed by atoms with Gasteiger partial charge in [-0.1, -0.05) is 0 Å². The number of nitrogens with two attached hydrogens (primary N) is 1. The summed E-state index contributed by atoms with van der Waals surface area (Å²) in [5.41, 5.74) is 6.56. The zero-order valence-corrected chi connectivity index (χ0v) is 10.4. The summed E-state index contributed by atoms with van der Waals surface area (Å²) in [7, 11) is -2.00. The van der Waals surface area contributed by atoms with Crippen LogP contribution in [0.4, 0.5) is 11.6 Å². The number of nitrogen functional groups attached to an aromatic ring is 1. The summed E-state index contributed by atoms with van der Waals surface area (Å²) >= 11 is 1.33. The quantitative estimate of drug-likeness (QED) is 0.767. The van der Waals surface area contributed by atoms with Crippen molar-refractivity contribution in [3.05, 3.63) is 17.6 Å². The van der Waals surface area contributed by atoms with Crippen LogP contribution >= 0.6 is 11.3 Å². The van der Waals surface area contributed by atoms with E-state index < -0.39 is 10.0 Å². The van der Waals surface area contributed by atoms with Crippen LogP contribution in [0.3, 0.4) is 0 Å². The van der Waals surface area contributed by atoms with Gasteiger partial charge in [0.05, 0.1) is 16.8 Å². The smallest absolute Gasteiger partial charge is 0.265 e. The van der Waals surface area contributed by atoms with Crippen molar-refractivity contribution in [2.24, 2.45) is 0 Å². The first kappa shape index (κ1) is 10.5. The number of fused-ring (bicyclic) bond motifs is 3.